The van der Waals surface area contributed by atoms with Gasteiger partial charge in [-0.3, -0.25) is 14.0 Å². The molecule has 0 saturated heterocycles. The van der Waals surface area contributed by atoms with E-state index in [9.17, 15) is 9.59 Å². The maximum Gasteiger partial charge on any atom is 0.352 e. The molecular weight excluding hydrogens is 392 g/mol. The third-order valence-corrected chi connectivity index (χ3v) is 5.48. The van der Waals surface area contributed by atoms with Crippen LogP contribution in [-0.2, 0) is 20.1 Å². The first-order valence-corrected chi connectivity index (χ1v) is 10.1. The Morgan fingerprint density at radius 2 is 1.39 bits per heavy atom. The summed E-state index contributed by atoms with van der Waals surface area (Å²) < 4.78 is 5.95. The molecule has 3 aromatic heterocycles. The van der Waals surface area contributed by atoms with Crippen LogP contribution in [0.15, 0.2) is 64.3 Å². The molecule has 0 radical (unpaired) electrons. The van der Waals surface area contributed by atoms with Crippen LogP contribution in [0.4, 0.5) is 0 Å². The second kappa shape index (κ2) is 7.09. The Morgan fingerprint density at radius 1 is 0.806 bits per heavy atom. The van der Waals surface area contributed by atoms with Gasteiger partial charge in [-0.05, 0) is 25.0 Å². The molecular formula is C23H22N6O2. The van der Waals surface area contributed by atoms with Crippen LogP contribution in [0.1, 0.15) is 22.3 Å². The van der Waals surface area contributed by atoms with Crippen LogP contribution in [0.2, 0.25) is 0 Å². The van der Waals surface area contributed by atoms with Gasteiger partial charge < -0.3 is 0 Å². The van der Waals surface area contributed by atoms with Gasteiger partial charge in [-0.15, -0.1) is 5.10 Å². The minimum Gasteiger partial charge on any atom is -0.273 e. The molecule has 5 rings (SSSR count). The molecule has 8 nitrogen and oxygen atoms in total. The predicted octanol–water partition coefficient (Wildman–Crippen LogP) is 2.26. The molecule has 0 aliphatic heterocycles. The summed E-state index contributed by atoms with van der Waals surface area (Å²) in [6, 6.07) is 15.9. The highest BCUT2D eigenvalue weighted by Gasteiger charge is 2.20. The van der Waals surface area contributed by atoms with Crippen LogP contribution in [0.5, 0.6) is 0 Å². The molecule has 0 fully saturated rings. The highest BCUT2D eigenvalue weighted by Crippen LogP contribution is 2.13. The van der Waals surface area contributed by atoms with E-state index in [0.717, 1.165) is 22.3 Å². The summed E-state index contributed by atoms with van der Waals surface area (Å²) in [5, 5.41) is 8.87. The standard InChI is InChI=1S/C23H22N6O2/c1-15-4-8-17(9-5-15)12-27-21(30)20-19(14-26(3)24-20)29-22(27)25-28(23(29)31)13-18-10-6-16(2)7-11-18/h4-11,14H,12-13H2,1-3H3. The van der Waals surface area contributed by atoms with E-state index in [4.69, 9.17) is 0 Å². The van der Waals surface area contributed by atoms with E-state index in [2.05, 4.69) is 10.2 Å². The number of rotatable bonds is 4. The molecule has 0 spiro atoms. The molecule has 5 aromatic rings. The Hall–Kier alpha value is -3.94. The van der Waals surface area contributed by atoms with E-state index < -0.39 is 0 Å². The van der Waals surface area contributed by atoms with Crippen molar-refractivity contribution in [1.82, 2.24) is 28.5 Å². The summed E-state index contributed by atoms with van der Waals surface area (Å²) in [6.07, 6.45) is 1.68. The monoisotopic (exact) mass is 414 g/mol. The fourth-order valence-corrected chi connectivity index (χ4v) is 3.78. The molecule has 31 heavy (non-hydrogen) atoms. The van der Waals surface area contributed by atoms with Crippen LogP contribution < -0.4 is 11.2 Å². The molecule has 0 saturated carbocycles. The summed E-state index contributed by atoms with van der Waals surface area (Å²) >= 11 is 0. The smallest absolute Gasteiger partial charge is 0.273 e. The second-order valence-electron chi connectivity index (χ2n) is 7.97. The third kappa shape index (κ3) is 3.26. The summed E-state index contributed by atoms with van der Waals surface area (Å²) in [5.41, 5.74) is 4.34. The van der Waals surface area contributed by atoms with Gasteiger partial charge in [0.25, 0.3) is 5.56 Å². The van der Waals surface area contributed by atoms with Crippen LogP contribution in [0, 0.1) is 13.8 Å². The minimum absolute atomic E-state index is 0.249. The zero-order valence-corrected chi connectivity index (χ0v) is 17.6. The van der Waals surface area contributed by atoms with Crippen molar-refractivity contribution in [2.24, 2.45) is 7.05 Å². The molecule has 0 aliphatic carbocycles. The van der Waals surface area contributed by atoms with Gasteiger partial charge in [0.05, 0.1) is 13.1 Å². The number of aromatic nitrogens is 6. The van der Waals surface area contributed by atoms with E-state index in [1.807, 2.05) is 62.4 Å². The van der Waals surface area contributed by atoms with Gasteiger partial charge in [-0.2, -0.15) is 5.10 Å². The van der Waals surface area contributed by atoms with Crippen molar-refractivity contribution in [3.05, 3.63) is 97.8 Å². The molecule has 0 atom stereocenters. The first kappa shape index (κ1) is 19.0. The largest absolute Gasteiger partial charge is 0.352 e. The van der Waals surface area contributed by atoms with Gasteiger partial charge in [0.2, 0.25) is 5.78 Å². The number of aryl methyl sites for hydroxylation is 3. The molecule has 0 amide bonds. The fourth-order valence-electron chi connectivity index (χ4n) is 3.78. The van der Waals surface area contributed by atoms with Crippen molar-refractivity contribution in [2.75, 3.05) is 0 Å². The van der Waals surface area contributed by atoms with Crippen LogP contribution in [-0.4, -0.2) is 28.5 Å². The maximum atomic E-state index is 13.3. The molecule has 0 bridgehead atoms. The van der Waals surface area contributed by atoms with Crippen molar-refractivity contribution in [3.63, 3.8) is 0 Å². The summed E-state index contributed by atoms with van der Waals surface area (Å²) in [5.74, 6) is 0.309. The van der Waals surface area contributed by atoms with Crippen molar-refractivity contribution >= 4 is 16.8 Å². The Morgan fingerprint density at radius 3 is 2.00 bits per heavy atom. The number of hydrogen-bond donors (Lipinski definition) is 0. The maximum absolute atomic E-state index is 13.3. The molecule has 3 heterocycles. The zero-order chi connectivity index (χ0) is 21.7. The van der Waals surface area contributed by atoms with Gasteiger partial charge >= 0.3 is 5.69 Å². The number of nitrogens with zero attached hydrogens (tertiary/aromatic N) is 6. The highest BCUT2D eigenvalue weighted by molar-refractivity contribution is 5.75. The number of benzene rings is 2. The Bertz CT molecular complexity index is 1530. The number of hydrogen-bond acceptors (Lipinski definition) is 4. The molecule has 0 aliphatic rings. The van der Waals surface area contributed by atoms with Crippen molar-refractivity contribution in [1.29, 1.82) is 0 Å². The summed E-state index contributed by atoms with van der Waals surface area (Å²) in [6.45, 7) is 4.65. The van der Waals surface area contributed by atoms with Crippen molar-refractivity contribution in [2.45, 2.75) is 26.9 Å². The normalized spacial score (nSPS) is 11.6. The van der Waals surface area contributed by atoms with Gasteiger partial charge in [-0.1, -0.05) is 59.7 Å². The quantitative estimate of drug-likeness (QED) is 0.452. The third-order valence-electron chi connectivity index (χ3n) is 5.48. The van der Waals surface area contributed by atoms with Crippen molar-refractivity contribution in [3.8, 4) is 0 Å². The Balaban J connectivity index is 1.73. The number of fused-ring (bicyclic) bond motifs is 3. The predicted molar refractivity (Wildman–Crippen MR) is 119 cm³/mol. The van der Waals surface area contributed by atoms with Crippen LogP contribution >= 0.6 is 0 Å². The lowest BCUT2D eigenvalue weighted by Crippen LogP contribution is -2.26. The van der Waals surface area contributed by atoms with Gasteiger partial charge in [0, 0.05) is 13.2 Å². The minimum atomic E-state index is -0.300. The van der Waals surface area contributed by atoms with E-state index in [-0.39, 0.29) is 16.8 Å². The molecule has 156 valence electrons. The summed E-state index contributed by atoms with van der Waals surface area (Å²) in [4.78, 5) is 26.6. The van der Waals surface area contributed by atoms with Gasteiger partial charge in [-0.25, -0.2) is 13.9 Å². The van der Waals surface area contributed by atoms with E-state index >= 15 is 0 Å². The summed E-state index contributed by atoms with van der Waals surface area (Å²) in [7, 11) is 1.73. The Labute approximate surface area is 177 Å². The lowest BCUT2D eigenvalue weighted by Gasteiger charge is -2.07. The topological polar surface area (TPSA) is 79.1 Å². The molecule has 2 aromatic carbocycles. The van der Waals surface area contributed by atoms with Crippen molar-refractivity contribution < 1.29 is 0 Å². The van der Waals surface area contributed by atoms with E-state index in [1.54, 1.807) is 17.9 Å². The lowest BCUT2D eigenvalue weighted by molar-refractivity contribution is 0.654. The fraction of sp³-hybridized carbons (Fsp3) is 0.217. The average Bonchev–Trinajstić information content (AvgIpc) is 3.28. The van der Waals surface area contributed by atoms with Gasteiger partial charge in [0.1, 0.15) is 5.52 Å². The van der Waals surface area contributed by atoms with Gasteiger partial charge in [0.15, 0.2) is 5.52 Å². The average molecular weight is 414 g/mol. The molecule has 8 heteroatoms. The van der Waals surface area contributed by atoms with Crippen LogP contribution in [0.3, 0.4) is 0 Å². The van der Waals surface area contributed by atoms with E-state index in [0.29, 0.717) is 24.4 Å². The second-order valence-corrected chi connectivity index (χ2v) is 7.97. The first-order valence-electron chi connectivity index (χ1n) is 10.1. The highest BCUT2D eigenvalue weighted by atomic mass is 16.2. The van der Waals surface area contributed by atoms with E-state index in [1.165, 1.54) is 13.6 Å². The molecule has 0 N–H and O–H groups in total. The SMILES string of the molecule is Cc1ccc(Cn2nc3n(Cc4ccc(C)cc4)c(=O)c4nn(C)cc4n3c2=O)cc1. The Kier molecular flexibility index (Phi) is 4.35. The van der Waals surface area contributed by atoms with Crippen LogP contribution in [0.25, 0.3) is 16.8 Å². The first-order chi connectivity index (χ1) is 14.9. The lowest BCUT2D eigenvalue weighted by atomic mass is 10.1. The zero-order valence-electron chi connectivity index (χ0n) is 17.6. The molecule has 0 unspecified atom stereocenters.